The first-order chi connectivity index (χ1) is 14.1. The lowest BCUT2D eigenvalue weighted by Gasteiger charge is -2.32. The van der Waals surface area contributed by atoms with E-state index in [4.69, 9.17) is 11.6 Å². The van der Waals surface area contributed by atoms with E-state index < -0.39 is 0 Å². The van der Waals surface area contributed by atoms with Gasteiger partial charge in [0.05, 0.1) is 6.04 Å². The van der Waals surface area contributed by atoms with Crippen molar-refractivity contribution >= 4 is 28.8 Å². The molecule has 3 nitrogen and oxygen atoms in total. The Balaban J connectivity index is 1.74. The van der Waals surface area contributed by atoms with E-state index >= 15 is 0 Å². The molecule has 0 spiro atoms. The molecule has 1 aromatic heterocycles. The summed E-state index contributed by atoms with van der Waals surface area (Å²) >= 11 is 7.81. The number of nitrogens with zero attached hydrogens (tertiary/aromatic N) is 1. The van der Waals surface area contributed by atoms with Gasteiger partial charge in [-0.1, -0.05) is 62.1 Å². The van der Waals surface area contributed by atoms with Crippen molar-refractivity contribution in [1.82, 2.24) is 10.3 Å². The molecule has 1 saturated carbocycles. The molecule has 0 bridgehead atoms. The van der Waals surface area contributed by atoms with Crippen molar-refractivity contribution < 1.29 is 4.79 Å². The number of halogens is 1. The van der Waals surface area contributed by atoms with E-state index in [-0.39, 0.29) is 11.9 Å². The molecule has 0 saturated heterocycles. The van der Waals surface area contributed by atoms with E-state index in [9.17, 15) is 4.79 Å². The molecule has 0 radical (unpaired) electrons. The molecular formula is C24H29ClN2OS. The van der Waals surface area contributed by atoms with Crippen LogP contribution in [-0.4, -0.2) is 16.9 Å². The summed E-state index contributed by atoms with van der Waals surface area (Å²) in [6.07, 6.45) is 10.5. The number of hydrogen-bond donors (Lipinski definition) is 1. The van der Waals surface area contributed by atoms with E-state index in [1.807, 2.05) is 35.7 Å². The van der Waals surface area contributed by atoms with Crippen LogP contribution in [0.15, 0.2) is 48.9 Å². The van der Waals surface area contributed by atoms with Crippen LogP contribution in [0.5, 0.6) is 0 Å². The molecule has 1 heterocycles. The van der Waals surface area contributed by atoms with Crippen molar-refractivity contribution in [2.24, 2.45) is 11.8 Å². The van der Waals surface area contributed by atoms with Gasteiger partial charge in [-0.05, 0) is 42.7 Å². The predicted octanol–water partition coefficient (Wildman–Crippen LogP) is 6.69. The van der Waals surface area contributed by atoms with Gasteiger partial charge in [-0.15, -0.1) is 24.5 Å². The fourth-order valence-corrected chi connectivity index (χ4v) is 5.14. The van der Waals surface area contributed by atoms with Crippen LogP contribution in [0.25, 0.3) is 10.6 Å². The van der Waals surface area contributed by atoms with Gasteiger partial charge in [0.15, 0.2) is 0 Å². The standard InChI is InChI=1S/C24H29ClN2OS/c1-4-9-17(14-16-10-7-11-16)21(6-3)26-23(28)22-15-29-24(27-22)19-12-8-13-20(25)18(19)5-2/h4,6,8,12-13,15-17,21H,1,3,5,7,9-11,14H2,2H3,(H,26,28). The number of nitrogens with one attached hydrogen (secondary N) is 1. The van der Waals surface area contributed by atoms with Crippen molar-refractivity contribution in [1.29, 1.82) is 0 Å². The van der Waals surface area contributed by atoms with E-state index in [1.165, 1.54) is 30.6 Å². The van der Waals surface area contributed by atoms with Crippen molar-refractivity contribution in [2.75, 3.05) is 0 Å². The third-order valence-electron chi connectivity index (χ3n) is 5.83. The molecule has 1 aromatic carbocycles. The van der Waals surface area contributed by atoms with Gasteiger partial charge < -0.3 is 5.32 Å². The summed E-state index contributed by atoms with van der Waals surface area (Å²) in [4.78, 5) is 17.5. The molecule has 1 aliphatic rings. The third kappa shape index (κ3) is 5.18. The van der Waals surface area contributed by atoms with Crippen LogP contribution in [0.3, 0.4) is 0 Å². The quantitative estimate of drug-likeness (QED) is 0.428. The van der Waals surface area contributed by atoms with Crippen molar-refractivity contribution in [3.8, 4) is 10.6 Å². The molecule has 2 unspecified atom stereocenters. The Morgan fingerprint density at radius 3 is 2.83 bits per heavy atom. The van der Waals surface area contributed by atoms with E-state index in [2.05, 4.69) is 30.4 Å². The lowest BCUT2D eigenvalue weighted by atomic mass is 9.76. The van der Waals surface area contributed by atoms with Gasteiger partial charge in [0.1, 0.15) is 10.7 Å². The Morgan fingerprint density at radius 2 is 2.21 bits per heavy atom. The van der Waals surface area contributed by atoms with Gasteiger partial charge in [-0.3, -0.25) is 4.79 Å². The largest absolute Gasteiger partial charge is 0.344 e. The van der Waals surface area contributed by atoms with Crippen LogP contribution in [-0.2, 0) is 6.42 Å². The van der Waals surface area contributed by atoms with Crippen LogP contribution < -0.4 is 5.32 Å². The van der Waals surface area contributed by atoms with Crippen molar-refractivity contribution in [3.63, 3.8) is 0 Å². The minimum Gasteiger partial charge on any atom is -0.344 e. The Bertz CT molecular complexity index is 872. The number of allylic oxidation sites excluding steroid dienone is 1. The Labute approximate surface area is 182 Å². The maximum absolute atomic E-state index is 12.9. The minimum absolute atomic E-state index is 0.0800. The number of thiazole rings is 1. The van der Waals surface area contributed by atoms with E-state index in [1.54, 1.807) is 0 Å². The van der Waals surface area contributed by atoms with Gasteiger partial charge in [0, 0.05) is 16.0 Å². The Kier molecular flexibility index (Phi) is 7.68. The molecule has 1 N–H and O–H groups in total. The van der Waals surface area contributed by atoms with Crippen LogP contribution in [0.1, 0.15) is 55.1 Å². The maximum Gasteiger partial charge on any atom is 0.271 e. The Morgan fingerprint density at radius 1 is 1.41 bits per heavy atom. The van der Waals surface area contributed by atoms with Gasteiger partial charge in [-0.2, -0.15) is 0 Å². The molecular weight excluding hydrogens is 400 g/mol. The molecule has 154 valence electrons. The zero-order chi connectivity index (χ0) is 20.8. The molecule has 1 amide bonds. The molecule has 2 aromatic rings. The number of benzene rings is 1. The summed E-state index contributed by atoms with van der Waals surface area (Å²) in [7, 11) is 0. The number of amides is 1. The number of rotatable bonds is 10. The second-order valence-electron chi connectivity index (χ2n) is 7.71. The van der Waals surface area contributed by atoms with Crippen LogP contribution >= 0.6 is 22.9 Å². The number of carbonyl (C=O) groups is 1. The highest BCUT2D eigenvalue weighted by Crippen LogP contribution is 2.35. The summed E-state index contributed by atoms with van der Waals surface area (Å²) in [6.45, 7) is 9.94. The predicted molar refractivity (Wildman–Crippen MR) is 124 cm³/mol. The second-order valence-corrected chi connectivity index (χ2v) is 8.97. The first-order valence-electron chi connectivity index (χ1n) is 10.3. The van der Waals surface area contributed by atoms with Crippen LogP contribution in [0.4, 0.5) is 0 Å². The maximum atomic E-state index is 12.9. The van der Waals surface area contributed by atoms with Gasteiger partial charge in [-0.25, -0.2) is 4.98 Å². The molecule has 2 atom stereocenters. The van der Waals surface area contributed by atoms with E-state index in [0.717, 1.165) is 46.3 Å². The van der Waals surface area contributed by atoms with Gasteiger partial charge >= 0.3 is 0 Å². The minimum atomic E-state index is -0.153. The number of hydrogen-bond acceptors (Lipinski definition) is 3. The highest BCUT2D eigenvalue weighted by atomic mass is 35.5. The highest BCUT2D eigenvalue weighted by molar-refractivity contribution is 7.13. The Hall–Kier alpha value is -1.91. The summed E-state index contributed by atoms with van der Waals surface area (Å²) in [5.74, 6) is 0.942. The molecule has 5 heteroatoms. The second kappa shape index (κ2) is 10.2. The monoisotopic (exact) mass is 428 g/mol. The fourth-order valence-electron chi connectivity index (χ4n) is 3.97. The molecule has 3 rings (SSSR count). The molecule has 1 aliphatic carbocycles. The summed E-state index contributed by atoms with van der Waals surface area (Å²) in [5.41, 5.74) is 2.50. The van der Waals surface area contributed by atoms with Gasteiger partial charge in [0.25, 0.3) is 5.91 Å². The molecule has 0 aliphatic heterocycles. The van der Waals surface area contributed by atoms with Crippen LogP contribution in [0.2, 0.25) is 5.02 Å². The number of carbonyl (C=O) groups excluding carboxylic acids is 1. The number of aromatic nitrogens is 1. The first-order valence-corrected chi connectivity index (χ1v) is 11.6. The third-order valence-corrected chi connectivity index (χ3v) is 7.06. The van der Waals surface area contributed by atoms with Gasteiger partial charge in [0.2, 0.25) is 0 Å². The SMILES string of the molecule is C=CCC(CC1CCC1)C(C=C)NC(=O)c1csc(-c2cccc(Cl)c2CC)n1. The summed E-state index contributed by atoms with van der Waals surface area (Å²) in [5, 5.41) is 6.52. The van der Waals surface area contributed by atoms with E-state index in [0.29, 0.717) is 11.6 Å². The lowest BCUT2D eigenvalue weighted by Crippen LogP contribution is -2.40. The normalized spacial score (nSPS) is 15.9. The summed E-state index contributed by atoms with van der Waals surface area (Å²) < 4.78 is 0. The highest BCUT2D eigenvalue weighted by Gasteiger charge is 2.27. The fraction of sp³-hybridized carbons (Fsp3) is 0.417. The average Bonchev–Trinajstić information content (AvgIpc) is 3.18. The van der Waals surface area contributed by atoms with Crippen molar-refractivity contribution in [2.45, 2.75) is 51.5 Å². The van der Waals surface area contributed by atoms with Crippen LogP contribution in [0, 0.1) is 11.8 Å². The zero-order valence-electron chi connectivity index (χ0n) is 17.0. The topological polar surface area (TPSA) is 42.0 Å². The zero-order valence-corrected chi connectivity index (χ0v) is 18.6. The molecule has 29 heavy (non-hydrogen) atoms. The lowest BCUT2D eigenvalue weighted by molar-refractivity contribution is 0.0921. The smallest absolute Gasteiger partial charge is 0.271 e. The van der Waals surface area contributed by atoms with Crippen molar-refractivity contribution in [3.05, 3.63) is 65.2 Å². The average molecular weight is 429 g/mol. The summed E-state index contributed by atoms with van der Waals surface area (Å²) in [6, 6.07) is 5.74. The first kappa shape index (κ1) is 21.8. The molecule has 1 fully saturated rings.